The lowest BCUT2D eigenvalue weighted by atomic mass is 10.1. The number of hydrogen-bond donors (Lipinski definition) is 1. The molecule has 4 nitrogen and oxygen atoms in total. The van der Waals surface area contributed by atoms with Gasteiger partial charge in [0, 0.05) is 25.1 Å². The first-order valence-electron chi connectivity index (χ1n) is 9.51. The van der Waals surface area contributed by atoms with Gasteiger partial charge in [-0.1, -0.05) is 57.7 Å². The van der Waals surface area contributed by atoms with Crippen LogP contribution in [-0.2, 0) is 17.8 Å². The van der Waals surface area contributed by atoms with Crippen LogP contribution in [0.3, 0.4) is 0 Å². The van der Waals surface area contributed by atoms with Crippen molar-refractivity contribution in [2.24, 2.45) is 0 Å². The maximum absolute atomic E-state index is 11.6. The van der Waals surface area contributed by atoms with Gasteiger partial charge >= 0.3 is 0 Å². The first-order valence-corrected chi connectivity index (χ1v) is 9.51. The van der Waals surface area contributed by atoms with Crippen molar-refractivity contribution in [3.63, 3.8) is 0 Å². The van der Waals surface area contributed by atoms with Gasteiger partial charge in [0.25, 0.3) is 0 Å². The number of benzene rings is 1. The van der Waals surface area contributed by atoms with Crippen molar-refractivity contribution in [3.05, 3.63) is 42.2 Å². The van der Waals surface area contributed by atoms with Crippen LogP contribution >= 0.6 is 0 Å². The summed E-state index contributed by atoms with van der Waals surface area (Å²) in [5, 5.41) is 2.90. The molecule has 0 atom stereocenters. The number of amides is 1. The van der Waals surface area contributed by atoms with Crippen LogP contribution in [0.15, 0.2) is 36.4 Å². The minimum atomic E-state index is -0.0846. The van der Waals surface area contributed by atoms with E-state index in [0.717, 1.165) is 24.3 Å². The molecule has 1 amide bonds. The van der Waals surface area contributed by atoms with Gasteiger partial charge in [-0.05, 0) is 25.5 Å². The highest BCUT2D eigenvalue weighted by molar-refractivity contribution is 5.92. The van der Waals surface area contributed by atoms with Crippen molar-refractivity contribution >= 4 is 16.9 Å². The molecule has 0 bridgehead atoms. The lowest BCUT2D eigenvalue weighted by Crippen LogP contribution is -2.26. The summed E-state index contributed by atoms with van der Waals surface area (Å²) in [6.07, 6.45) is 8.44. The Labute approximate surface area is 151 Å². The predicted octanol–water partition coefficient (Wildman–Crippen LogP) is 4.63. The number of nitrogens with one attached hydrogen (secondary N) is 1. The molecule has 0 saturated carbocycles. The van der Waals surface area contributed by atoms with E-state index in [1.807, 2.05) is 6.07 Å². The van der Waals surface area contributed by atoms with E-state index in [-0.39, 0.29) is 5.91 Å². The highest BCUT2D eigenvalue weighted by Crippen LogP contribution is 2.18. The van der Waals surface area contributed by atoms with Crippen molar-refractivity contribution in [2.75, 3.05) is 6.54 Å². The third-order valence-electron chi connectivity index (χ3n) is 4.49. The van der Waals surface area contributed by atoms with E-state index in [0.29, 0.717) is 12.1 Å². The third-order valence-corrected chi connectivity index (χ3v) is 4.49. The maximum atomic E-state index is 11.6. The van der Waals surface area contributed by atoms with Crippen LogP contribution in [-0.4, -0.2) is 22.0 Å². The third kappa shape index (κ3) is 5.73. The Morgan fingerprint density at radius 1 is 1.16 bits per heavy atom. The number of hydrogen-bond acceptors (Lipinski definition) is 2. The normalized spacial score (nSPS) is 11.0. The first-order chi connectivity index (χ1) is 12.1. The molecule has 1 aromatic carbocycles. The average Bonchev–Trinajstić information content (AvgIpc) is 2.95. The molecular weight excluding hydrogens is 310 g/mol. The van der Waals surface area contributed by atoms with Crippen molar-refractivity contribution in [1.82, 2.24) is 14.9 Å². The number of imidazole rings is 1. The molecule has 2 aromatic rings. The molecule has 0 radical (unpaired) electrons. The van der Waals surface area contributed by atoms with E-state index in [1.54, 1.807) is 6.92 Å². The smallest absolute Gasteiger partial charge is 0.246 e. The second-order valence-corrected chi connectivity index (χ2v) is 6.72. The van der Waals surface area contributed by atoms with Gasteiger partial charge in [0.2, 0.25) is 5.91 Å². The second kappa shape index (κ2) is 10.0. The number of aromatic nitrogens is 2. The van der Waals surface area contributed by atoms with Crippen LogP contribution in [0.2, 0.25) is 0 Å². The van der Waals surface area contributed by atoms with Gasteiger partial charge in [-0.15, -0.1) is 0 Å². The van der Waals surface area contributed by atoms with E-state index in [2.05, 4.69) is 41.6 Å². The molecular formula is C21H31N3O. The van der Waals surface area contributed by atoms with Gasteiger partial charge in [-0.2, -0.15) is 0 Å². The fourth-order valence-electron chi connectivity index (χ4n) is 3.05. The highest BCUT2D eigenvalue weighted by Gasteiger charge is 2.10. The molecule has 25 heavy (non-hydrogen) atoms. The number of para-hydroxylation sites is 2. The molecule has 0 unspecified atom stereocenters. The molecule has 1 heterocycles. The molecule has 0 aliphatic heterocycles. The highest BCUT2D eigenvalue weighted by atomic mass is 16.1. The Kier molecular flexibility index (Phi) is 7.71. The molecule has 1 aromatic heterocycles. The quantitative estimate of drug-likeness (QED) is 0.478. The van der Waals surface area contributed by atoms with Crippen LogP contribution in [0.4, 0.5) is 0 Å². The van der Waals surface area contributed by atoms with Gasteiger partial charge in [0.05, 0.1) is 11.0 Å². The van der Waals surface area contributed by atoms with Crippen molar-refractivity contribution in [3.8, 4) is 0 Å². The topological polar surface area (TPSA) is 46.9 Å². The molecule has 0 fully saturated rings. The first kappa shape index (κ1) is 19.2. The number of nitrogens with zero attached hydrogens (tertiary/aromatic N) is 2. The zero-order valence-corrected chi connectivity index (χ0v) is 15.7. The van der Waals surface area contributed by atoms with Crippen molar-refractivity contribution < 1.29 is 4.79 Å². The zero-order valence-electron chi connectivity index (χ0n) is 15.7. The summed E-state index contributed by atoms with van der Waals surface area (Å²) in [7, 11) is 0. The number of carbonyl (C=O) groups excluding carboxylic acids is 1. The molecule has 1 N–H and O–H groups in total. The molecule has 0 aliphatic carbocycles. The van der Waals surface area contributed by atoms with Crippen LogP contribution in [0.5, 0.6) is 0 Å². The monoisotopic (exact) mass is 341 g/mol. The fourth-order valence-corrected chi connectivity index (χ4v) is 3.05. The Morgan fingerprint density at radius 2 is 1.88 bits per heavy atom. The molecule has 136 valence electrons. The number of rotatable bonds is 11. The summed E-state index contributed by atoms with van der Waals surface area (Å²) in [5.41, 5.74) is 2.77. The number of carbonyl (C=O) groups is 1. The Balaban J connectivity index is 1.97. The van der Waals surface area contributed by atoms with Gasteiger partial charge in [0.1, 0.15) is 5.82 Å². The molecule has 0 spiro atoms. The van der Waals surface area contributed by atoms with Crippen LogP contribution in [0.1, 0.15) is 58.2 Å². The molecule has 0 saturated heterocycles. The average molecular weight is 341 g/mol. The van der Waals surface area contributed by atoms with E-state index in [4.69, 9.17) is 4.98 Å². The van der Waals surface area contributed by atoms with Crippen molar-refractivity contribution in [2.45, 2.75) is 65.3 Å². The van der Waals surface area contributed by atoms with E-state index < -0.39 is 0 Å². The standard InChI is InChI=1S/C21H31N3O/c1-4-5-6-7-8-11-16-24-19-13-10-9-12-18(19)23-20(24)14-15-22-21(25)17(2)3/h9-10,12-13H,2,4-8,11,14-16H2,1,3H3,(H,22,25). The zero-order chi connectivity index (χ0) is 18.1. The largest absolute Gasteiger partial charge is 0.352 e. The molecule has 0 aliphatic rings. The van der Waals surface area contributed by atoms with Gasteiger partial charge in [-0.3, -0.25) is 4.79 Å². The van der Waals surface area contributed by atoms with Gasteiger partial charge in [0.15, 0.2) is 0 Å². The van der Waals surface area contributed by atoms with Crippen LogP contribution < -0.4 is 5.32 Å². The van der Waals surface area contributed by atoms with E-state index in [1.165, 1.54) is 44.0 Å². The fraction of sp³-hybridized carbons (Fsp3) is 0.524. The minimum absolute atomic E-state index is 0.0846. The Bertz CT molecular complexity index is 702. The second-order valence-electron chi connectivity index (χ2n) is 6.72. The Morgan fingerprint density at radius 3 is 2.64 bits per heavy atom. The van der Waals surface area contributed by atoms with Crippen LogP contribution in [0.25, 0.3) is 11.0 Å². The van der Waals surface area contributed by atoms with Gasteiger partial charge < -0.3 is 9.88 Å². The summed E-state index contributed by atoms with van der Waals surface area (Å²) < 4.78 is 2.32. The summed E-state index contributed by atoms with van der Waals surface area (Å²) in [5.74, 6) is 0.968. The van der Waals surface area contributed by atoms with E-state index in [9.17, 15) is 4.79 Å². The number of aryl methyl sites for hydroxylation is 1. The Hall–Kier alpha value is -2.10. The summed E-state index contributed by atoms with van der Waals surface area (Å²) >= 11 is 0. The number of fused-ring (bicyclic) bond motifs is 1. The summed E-state index contributed by atoms with van der Waals surface area (Å²) in [4.78, 5) is 16.4. The summed E-state index contributed by atoms with van der Waals surface area (Å²) in [6.45, 7) is 9.23. The van der Waals surface area contributed by atoms with E-state index >= 15 is 0 Å². The number of unbranched alkanes of at least 4 members (excludes halogenated alkanes) is 5. The lowest BCUT2D eigenvalue weighted by molar-refractivity contribution is -0.117. The lowest BCUT2D eigenvalue weighted by Gasteiger charge is -2.10. The maximum Gasteiger partial charge on any atom is 0.246 e. The summed E-state index contributed by atoms with van der Waals surface area (Å²) in [6, 6.07) is 8.28. The van der Waals surface area contributed by atoms with Crippen molar-refractivity contribution in [1.29, 1.82) is 0 Å². The predicted molar refractivity (Wildman–Crippen MR) is 105 cm³/mol. The van der Waals surface area contributed by atoms with Gasteiger partial charge in [-0.25, -0.2) is 4.98 Å². The SMILES string of the molecule is C=C(C)C(=O)NCCc1nc2ccccc2n1CCCCCCCC. The van der Waals surface area contributed by atoms with Crippen LogP contribution in [0, 0.1) is 0 Å². The minimum Gasteiger partial charge on any atom is -0.352 e. The molecule has 4 heteroatoms. The molecule has 2 rings (SSSR count).